The molecule has 6 heteroatoms. The molecule has 5 nitrogen and oxygen atoms in total. The molecule has 1 heterocycles. The SMILES string of the molecule is I.NC(=NCc1cccc2c1OCCCO2)NCC1CCC1. The number of aliphatic imine (C=N–C) groups is 1. The average molecular weight is 417 g/mol. The Kier molecular flexibility index (Phi) is 6.60. The Balaban J connectivity index is 0.00000176. The molecule has 0 spiro atoms. The van der Waals surface area contributed by atoms with Gasteiger partial charge in [-0.1, -0.05) is 18.6 Å². The zero-order valence-electron chi connectivity index (χ0n) is 12.7. The lowest BCUT2D eigenvalue weighted by Crippen LogP contribution is -2.37. The van der Waals surface area contributed by atoms with Crippen molar-refractivity contribution in [3.8, 4) is 11.5 Å². The Morgan fingerprint density at radius 2 is 2.05 bits per heavy atom. The summed E-state index contributed by atoms with van der Waals surface area (Å²) in [6.45, 7) is 2.83. The van der Waals surface area contributed by atoms with Gasteiger partial charge in [0.1, 0.15) is 0 Å². The first-order valence-electron chi connectivity index (χ1n) is 7.74. The first-order chi connectivity index (χ1) is 10.3. The largest absolute Gasteiger partial charge is 0.490 e. The number of guanidine groups is 1. The van der Waals surface area contributed by atoms with Crippen molar-refractivity contribution in [1.29, 1.82) is 0 Å². The highest BCUT2D eigenvalue weighted by Gasteiger charge is 2.17. The lowest BCUT2D eigenvalue weighted by molar-refractivity contribution is 0.296. The fourth-order valence-corrected chi connectivity index (χ4v) is 2.55. The van der Waals surface area contributed by atoms with Crippen molar-refractivity contribution in [2.24, 2.45) is 16.6 Å². The molecule has 0 atom stereocenters. The van der Waals surface area contributed by atoms with Gasteiger partial charge in [-0.3, -0.25) is 0 Å². The van der Waals surface area contributed by atoms with E-state index >= 15 is 0 Å². The molecule has 1 aliphatic heterocycles. The van der Waals surface area contributed by atoms with Crippen LogP contribution in [0.2, 0.25) is 0 Å². The first-order valence-corrected chi connectivity index (χ1v) is 7.74. The van der Waals surface area contributed by atoms with Gasteiger partial charge in [0.25, 0.3) is 0 Å². The summed E-state index contributed by atoms with van der Waals surface area (Å²) in [6, 6.07) is 5.92. The maximum absolute atomic E-state index is 5.92. The van der Waals surface area contributed by atoms with Crippen molar-refractivity contribution in [2.45, 2.75) is 32.2 Å². The number of benzene rings is 1. The predicted octanol–water partition coefficient (Wildman–Crippen LogP) is 2.67. The summed E-state index contributed by atoms with van der Waals surface area (Å²) in [5, 5.41) is 3.20. The summed E-state index contributed by atoms with van der Waals surface area (Å²) >= 11 is 0. The molecule has 0 amide bonds. The van der Waals surface area contributed by atoms with Crippen LogP contribution in [0.15, 0.2) is 23.2 Å². The fourth-order valence-electron chi connectivity index (χ4n) is 2.55. The van der Waals surface area contributed by atoms with Gasteiger partial charge in [-0.25, -0.2) is 4.99 Å². The molecule has 0 unspecified atom stereocenters. The van der Waals surface area contributed by atoms with Crippen LogP contribution in [0.25, 0.3) is 0 Å². The summed E-state index contributed by atoms with van der Waals surface area (Å²) in [4.78, 5) is 4.41. The van der Waals surface area contributed by atoms with Crippen LogP contribution in [0.1, 0.15) is 31.2 Å². The van der Waals surface area contributed by atoms with Gasteiger partial charge in [0, 0.05) is 18.5 Å². The van der Waals surface area contributed by atoms with E-state index in [2.05, 4.69) is 10.3 Å². The lowest BCUT2D eigenvalue weighted by atomic mass is 9.85. The third kappa shape index (κ3) is 4.41. The van der Waals surface area contributed by atoms with Crippen LogP contribution in [0.4, 0.5) is 0 Å². The molecule has 0 saturated heterocycles. The topological polar surface area (TPSA) is 68.9 Å². The van der Waals surface area contributed by atoms with Gasteiger partial charge in [0.2, 0.25) is 0 Å². The second-order valence-electron chi connectivity index (χ2n) is 5.67. The van der Waals surface area contributed by atoms with Crippen LogP contribution in [0.5, 0.6) is 11.5 Å². The molecule has 22 heavy (non-hydrogen) atoms. The number of fused-ring (bicyclic) bond motifs is 1. The van der Waals surface area contributed by atoms with Crippen molar-refractivity contribution >= 4 is 29.9 Å². The summed E-state index contributed by atoms with van der Waals surface area (Å²) in [5.41, 5.74) is 6.94. The zero-order chi connectivity index (χ0) is 14.5. The molecule has 3 rings (SSSR count). The highest BCUT2D eigenvalue weighted by Crippen LogP contribution is 2.33. The molecular weight excluding hydrogens is 393 g/mol. The molecule has 0 aromatic heterocycles. The second kappa shape index (κ2) is 8.45. The molecule has 122 valence electrons. The summed E-state index contributed by atoms with van der Waals surface area (Å²) in [5.74, 6) is 2.89. The van der Waals surface area contributed by atoms with E-state index in [1.807, 2.05) is 18.2 Å². The van der Waals surface area contributed by atoms with E-state index in [1.165, 1.54) is 19.3 Å². The fraction of sp³-hybridized carbons (Fsp3) is 0.562. The van der Waals surface area contributed by atoms with E-state index in [0.717, 1.165) is 35.9 Å². The third-order valence-corrected chi connectivity index (χ3v) is 4.07. The number of nitrogens with one attached hydrogen (secondary N) is 1. The molecule has 3 N–H and O–H groups in total. The van der Waals surface area contributed by atoms with E-state index in [-0.39, 0.29) is 24.0 Å². The molecule has 1 aromatic rings. The van der Waals surface area contributed by atoms with Crippen LogP contribution in [-0.4, -0.2) is 25.7 Å². The van der Waals surface area contributed by atoms with Gasteiger partial charge in [-0.05, 0) is 24.8 Å². The van der Waals surface area contributed by atoms with Crippen molar-refractivity contribution in [3.05, 3.63) is 23.8 Å². The molecule has 2 aliphatic rings. The highest BCUT2D eigenvalue weighted by molar-refractivity contribution is 14.0. The van der Waals surface area contributed by atoms with Crippen LogP contribution in [-0.2, 0) is 6.54 Å². The maximum atomic E-state index is 5.92. The predicted molar refractivity (Wildman–Crippen MR) is 98.1 cm³/mol. The number of halogens is 1. The lowest BCUT2D eigenvalue weighted by Gasteiger charge is -2.25. The molecular formula is C16H24IN3O2. The van der Waals surface area contributed by atoms with E-state index in [0.29, 0.717) is 25.7 Å². The summed E-state index contributed by atoms with van der Waals surface area (Å²) < 4.78 is 11.5. The molecule has 1 aliphatic carbocycles. The standard InChI is InChI=1S/C16H23N3O2.HI/c17-16(18-10-12-4-1-5-12)19-11-13-6-2-7-14-15(13)21-9-3-8-20-14;/h2,6-7,12H,1,3-5,8-11H2,(H3,17,18,19);1H. The number of nitrogens with zero attached hydrogens (tertiary/aromatic N) is 1. The van der Waals surface area contributed by atoms with Crippen LogP contribution < -0.4 is 20.5 Å². The minimum Gasteiger partial charge on any atom is -0.490 e. The zero-order valence-corrected chi connectivity index (χ0v) is 15.0. The molecule has 1 aromatic carbocycles. The van der Waals surface area contributed by atoms with Gasteiger partial charge in [0.05, 0.1) is 19.8 Å². The van der Waals surface area contributed by atoms with Gasteiger partial charge in [0.15, 0.2) is 17.5 Å². The van der Waals surface area contributed by atoms with Crippen molar-refractivity contribution in [2.75, 3.05) is 19.8 Å². The van der Waals surface area contributed by atoms with Crippen molar-refractivity contribution in [1.82, 2.24) is 5.32 Å². The van der Waals surface area contributed by atoms with E-state index in [1.54, 1.807) is 0 Å². The van der Waals surface area contributed by atoms with Gasteiger partial charge < -0.3 is 20.5 Å². The van der Waals surface area contributed by atoms with Gasteiger partial charge in [-0.15, -0.1) is 24.0 Å². The average Bonchev–Trinajstić information content (AvgIpc) is 2.69. The number of nitrogens with two attached hydrogens (primary N) is 1. The summed E-state index contributed by atoms with van der Waals surface area (Å²) in [7, 11) is 0. The Morgan fingerprint density at radius 3 is 2.82 bits per heavy atom. The van der Waals surface area contributed by atoms with Crippen LogP contribution in [0.3, 0.4) is 0 Å². The van der Waals surface area contributed by atoms with Crippen molar-refractivity contribution in [3.63, 3.8) is 0 Å². The first kappa shape index (κ1) is 17.2. The normalized spacial score (nSPS) is 17.9. The second-order valence-corrected chi connectivity index (χ2v) is 5.67. The Labute approximate surface area is 148 Å². The minimum atomic E-state index is 0. The summed E-state index contributed by atoms with van der Waals surface area (Å²) in [6.07, 6.45) is 4.86. The van der Waals surface area contributed by atoms with E-state index in [9.17, 15) is 0 Å². The number of hydrogen-bond donors (Lipinski definition) is 2. The third-order valence-electron chi connectivity index (χ3n) is 4.07. The Morgan fingerprint density at radius 1 is 1.23 bits per heavy atom. The Hall–Kier alpha value is -1.18. The van der Waals surface area contributed by atoms with E-state index in [4.69, 9.17) is 15.2 Å². The smallest absolute Gasteiger partial charge is 0.188 e. The molecule has 1 saturated carbocycles. The molecule has 1 fully saturated rings. The molecule has 0 bridgehead atoms. The van der Waals surface area contributed by atoms with Gasteiger partial charge in [-0.2, -0.15) is 0 Å². The number of para-hydroxylation sites is 1. The maximum Gasteiger partial charge on any atom is 0.188 e. The molecule has 0 radical (unpaired) electrons. The van der Waals surface area contributed by atoms with E-state index < -0.39 is 0 Å². The number of rotatable bonds is 4. The number of hydrogen-bond acceptors (Lipinski definition) is 3. The minimum absolute atomic E-state index is 0. The van der Waals surface area contributed by atoms with Crippen LogP contribution >= 0.6 is 24.0 Å². The van der Waals surface area contributed by atoms with Gasteiger partial charge >= 0.3 is 0 Å². The quantitative estimate of drug-likeness (QED) is 0.449. The Bertz CT molecular complexity index is 518. The highest BCUT2D eigenvalue weighted by atomic mass is 127. The van der Waals surface area contributed by atoms with Crippen LogP contribution in [0, 0.1) is 5.92 Å². The van der Waals surface area contributed by atoms with Crippen molar-refractivity contribution < 1.29 is 9.47 Å². The number of ether oxygens (including phenoxy) is 2. The monoisotopic (exact) mass is 417 g/mol.